The first-order valence-electron chi connectivity index (χ1n) is 9.43. The molecule has 0 spiro atoms. The summed E-state index contributed by atoms with van der Waals surface area (Å²) in [6.45, 7) is 1.31. The second-order valence-corrected chi connectivity index (χ2v) is 8.10. The summed E-state index contributed by atoms with van der Waals surface area (Å²) in [4.78, 5) is 32.0. The third-order valence-electron chi connectivity index (χ3n) is 5.23. The number of carbonyl (C=O) groups is 2. The van der Waals surface area contributed by atoms with Crippen molar-refractivity contribution in [1.29, 1.82) is 0 Å². The normalized spacial score (nSPS) is 19.2. The lowest BCUT2D eigenvalue weighted by atomic mass is 10.1. The molecule has 0 bridgehead atoms. The predicted molar refractivity (Wildman–Crippen MR) is 109 cm³/mol. The molecule has 2 amide bonds. The first kappa shape index (κ1) is 17.9. The van der Waals surface area contributed by atoms with E-state index < -0.39 is 5.92 Å². The highest BCUT2D eigenvalue weighted by atomic mass is 32.1. The van der Waals surface area contributed by atoms with Crippen molar-refractivity contribution in [3.8, 4) is 11.5 Å². The number of thiazole rings is 1. The average molecular weight is 409 g/mol. The molecule has 1 aromatic heterocycles. The first-order chi connectivity index (χ1) is 14.1. The molecule has 0 aliphatic carbocycles. The number of para-hydroxylation sites is 1. The third-order valence-corrected chi connectivity index (χ3v) is 6.35. The average Bonchev–Trinajstić information content (AvgIpc) is 3.28. The Hall–Kier alpha value is -3.13. The molecule has 0 unspecified atom stereocenters. The van der Waals surface area contributed by atoms with Crippen LogP contribution in [0.25, 0.3) is 10.2 Å². The highest BCUT2D eigenvalue weighted by Gasteiger charge is 2.35. The molecular formula is C21H19N3O4S. The van der Waals surface area contributed by atoms with Crippen LogP contribution in [0.3, 0.4) is 0 Å². The van der Waals surface area contributed by atoms with E-state index in [-0.39, 0.29) is 18.2 Å². The van der Waals surface area contributed by atoms with Crippen LogP contribution >= 0.6 is 11.3 Å². The number of benzene rings is 2. The first-order valence-corrected chi connectivity index (χ1v) is 10.2. The van der Waals surface area contributed by atoms with Gasteiger partial charge in [-0.05, 0) is 24.3 Å². The molecule has 0 radical (unpaired) electrons. The van der Waals surface area contributed by atoms with Crippen LogP contribution in [0.1, 0.15) is 6.42 Å². The van der Waals surface area contributed by atoms with Gasteiger partial charge < -0.3 is 18.9 Å². The fourth-order valence-electron chi connectivity index (χ4n) is 3.70. The lowest BCUT2D eigenvalue weighted by Crippen LogP contribution is -2.26. The SMILES string of the molecule is Cn1c(=NC(=O)[C@H]2CC(=O)N(c3ccc4c(c3)OCCO4)C2)sc2ccccc21. The Morgan fingerprint density at radius 3 is 2.76 bits per heavy atom. The van der Waals surface area contributed by atoms with E-state index in [1.54, 1.807) is 17.0 Å². The van der Waals surface area contributed by atoms with Crippen molar-refractivity contribution in [2.75, 3.05) is 24.7 Å². The molecule has 3 aromatic rings. The summed E-state index contributed by atoms with van der Waals surface area (Å²) >= 11 is 1.47. The third kappa shape index (κ3) is 3.19. The number of aromatic nitrogens is 1. The Morgan fingerprint density at radius 2 is 1.93 bits per heavy atom. The molecule has 2 aromatic carbocycles. The van der Waals surface area contributed by atoms with Gasteiger partial charge in [0, 0.05) is 31.8 Å². The van der Waals surface area contributed by atoms with Gasteiger partial charge in [0.05, 0.1) is 16.1 Å². The van der Waals surface area contributed by atoms with Crippen LogP contribution in [0.2, 0.25) is 0 Å². The summed E-state index contributed by atoms with van der Waals surface area (Å²) in [7, 11) is 1.90. The van der Waals surface area contributed by atoms with Gasteiger partial charge in [0.2, 0.25) is 5.91 Å². The summed E-state index contributed by atoms with van der Waals surface area (Å²) in [5, 5.41) is 0. The van der Waals surface area contributed by atoms with E-state index >= 15 is 0 Å². The van der Waals surface area contributed by atoms with Gasteiger partial charge in [0.1, 0.15) is 13.2 Å². The van der Waals surface area contributed by atoms with Gasteiger partial charge in [-0.1, -0.05) is 23.5 Å². The van der Waals surface area contributed by atoms with E-state index in [4.69, 9.17) is 9.47 Å². The second-order valence-electron chi connectivity index (χ2n) is 7.09. The minimum absolute atomic E-state index is 0.0871. The number of aryl methyl sites for hydroxylation is 1. The number of ether oxygens (including phenoxy) is 2. The molecule has 5 rings (SSSR count). The Kier molecular flexibility index (Phi) is 4.35. The van der Waals surface area contributed by atoms with Gasteiger partial charge in [0.15, 0.2) is 16.3 Å². The number of hydrogen-bond donors (Lipinski definition) is 0. The molecule has 1 atom stereocenters. The highest BCUT2D eigenvalue weighted by molar-refractivity contribution is 7.16. The lowest BCUT2D eigenvalue weighted by Gasteiger charge is -2.22. The Labute approximate surface area is 170 Å². The van der Waals surface area contributed by atoms with Crippen molar-refractivity contribution in [2.24, 2.45) is 18.0 Å². The van der Waals surface area contributed by atoms with Gasteiger partial charge in [0.25, 0.3) is 5.91 Å². The number of hydrogen-bond acceptors (Lipinski definition) is 5. The van der Waals surface area contributed by atoms with Gasteiger partial charge in [-0.25, -0.2) is 0 Å². The van der Waals surface area contributed by atoms with Crippen LogP contribution in [0, 0.1) is 5.92 Å². The topological polar surface area (TPSA) is 73.1 Å². The van der Waals surface area contributed by atoms with Crippen LogP contribution in [-0.2, 0) is 16.6 Å². The number of carbonyl (C=O) groups excluding carboxylic acids is 2. The standard InChI is InChI=1S/C21H19N3O4S/c1-23-15-4-2-3-5-18(15)29-21(23)22-20(26)13-10-19(25)24(12-13)14-6-7-16-17(11-14)28-9-8-27-16/h2-7,11,13H,8-10,12H2,1H3/t13-/m0/s1. The van der Waals surface area contributed by atoms with Crippen LogP contribution in [-0.4, -0.2) is 36.1 Å². The van der Waals surface area contributed by atoms with Crippen LogP contribution in [0.15, 0.2) is 47.5 Å². The van der Waals surface area contributed by atoms with Crippen molar-refractivity contribution < 1.29 is 19.1 Å². The van der Waals surface area contributed by atoms with E-state index in [2.05, 4.69) is 4.99 Å². The summed E-state index contributed by atoms with van der Waals surface area (Å²) in [5.74, 6) is 0.488. The summed E-state index contributed by atoms with van der Waals surface area (Å²) in [5.41, 5.74) is 1.74. The fraction of sp³-hybridized carbons (Fsp3) is 0.286. The zero-order valence-electron chi connectivity index (χ0n) is 15.8. The molecule has 29 heavy (non-hydrogen) atoms. The number of nitrogens with zero attached hydrogens (tertiary/aromatic N) is 3. The van der Waals surface area contributed by atoms with Crippen molar-refractivity contribution in [3.63, 3.8) is 0 Å². The quantitative estimate of drug-likeness (QED) is 0.652. The molecule has 2 aliphatic heterocycles. The van der Waals surface area contributed by atoms with Crippen LogP contribution in [0.5, 0.6) is 11.5 Å². The number of rotatable bonds is 2. The van der Waals surface area contributed by atoms with E-state index in [0.717, 1.165) is 10.2 Å². The van der Waals surface area contributed by atoms with E-state index in [9.17, 15) is 9.59 Å². The van der Waals surface area contributed by atoms with Gasteiger partial charge in [-0.15, -0.1) is 0 Å². The van der Waals surface area contributed by atoms with E-state index in [1.165, 1.54) is 11.3 Å². The molecule has 1 fully saturated rings. The summed E-state index contributed by atoms with van der Waals surface area (Å²) in [6.07, 6.45) is 0.158. The van der Waals surface area contributed by atoms with Gasteiger partial charge >= 0.3 is 0 Å². The number of anilines is 1. The van der Waals surface area contributed by atoms with Crippen molar-refractivity contribution in [1.82, 2.24) is 4.57 Å². The molecule has 1 saturated heterocycles. The zero-order valence-corrected chi connectivity index (χ0v) is 16.6. The minimum atomic E-state index is -0.457. The van der Waals surface area contributed by atoms with Crippen LogP contribution in [0.4, 0.5) is 5.69 Å². The second kappa shape index (κ2) is 7.04. The monoisotopic (exact) mass is 409 g/mol. The largest absolute Gasteiger partial charge is 0.486 e. The van der Waals surface area contributed by atoms with E-state index in [1.807, 2.05) is 41.9 Å². The molecule has 2 aliphatic rings. The number of fused-ring (bicyclic) bond motifs is 2. The van der Waals surface area contributed by atoms with E-state index in [0.29, 0.717) is 41.7 Å². The van der Waals surface area contributed by atoms with Crippen LogP contribution < -0.4 is 19.2 Å². The molecule has 0 N–H and O–H groups in total. The number of amides is 2. The maximum atomic E-state index is 12.8. The molecule has 0 saturated carbocycles. The van der Waals surface area contributed by atoms with Gasteiger partial charge in [-0.2, -0.15) is 4.99 Å². The summed E-state index contributed by atoms with van der Waals surface area (Å²) < 4.78 is 14.1. The maximum Gasteiger partial charge on any atom is 0.253 e. The Morgan fingerprint density at radius 1 is 1.14 bits per heavy atom. The van der Waals surface area contributed by atoms with Gasteiger partial charge in [-0.3, -0.25) is 9.59 Å². The molecule has 7 nitrogen and oxygen atoms in total. The molecular weight excluding hydrogens is 390 g/mol. The lowest BCUT2D eigenvalue weighted by molar-refractivity contribution is -0.123. The minimum Gasteiger partial charge on any atom is -0.486 e. The Bertz CT molecular complexity index is 1200. The maximum absolute atomic E-state index is 12.8. The molecule has 8 heteroatoms. The fourth-order valence-corrected chi connectivity index (χ4v) is 4.72. The smallest absolute Gasteiger partial charge is 0.253 e. The zero-order chi connectivity index (χ0) is 20.0. The molecule has 3 heterocycles. The summed E-state index contributed by atoms with van der Waals surface area (Å²) in [6, 6.07) is 13.3. The van der Waals surface area contributed by atoms with Crippen molar-refractivity contribution in [3.05, 3.63) is 47.3 Å². The molecule has 148 valence electrons. The Balaban J connectivity index is 1.39. The van der Waals surface area contributed by atoms with Crippen molar-refractivity contribution >= 4 is 39.1 Å². The predicted octanol–water partition coefficient (Wildman–Crippen LogP) is 2.49. The highest BCUT2D eigenvalue weighted by Crippen LogP contribution is 2.36. The van der Waals surface area contributed by atoms with Crippen molar-refractivity contribution in [2.45, 2.75) is 6.42 Å².